The average Bonchev–Trinajstić information content (AvgIpc) is 2.66. The summed E-state index contributed by atoms with van der Waals surface area (Å²) in [7, 11) is -1.79. The van der Waals surface area contributed by atoms with E-state index < -0.39 is 19.5 Å². The molecule has 1 atom stereocenters. The fourth-order valence-electron chi connectivity index (χ4n) is 2.28. The number of carbonyl (C=O) groups is 1. The van der Waals surface area contributed by atoms with E-state index >= 15 is 0 Å². The molecule has 1 amide bonds. The molecule has 0 aromatic rings. The van der Waals surface area contributed by atoms with Crippen molar-refractivity contribution in [1.82, 2.24) is 4.90 Å². The molecule has 1 heterocycles. The first-order valence-corrected chi connectivity index (χ1v) is 11.1. The number of rotatable bonds is 2. The summed E-state index contributed by atoms with van der Waals surface area (Å²) >= 11 is 0. The third kappa shape index (κ3) is 6.25. The molecule has 0 saturated carbocycles. The van der Waals surface area contributed by atoms with E-state index in [0.29, 0.717) is 19.5 Å². The number of carbonyl (C=O) groups excluding carboxylic acids is 1. The van der Waals surface area contributed by atoms with Crippen LogP contribution in [0.4, 0.5) is 4.79 Å². The van der Waals surface area contributed by atoms with Crippen LogP contribution in [-0.4, -0.2) is 43.6 Å². The molecule has 1 aliphatic rings. The summed E-state index contributed by atoms with van der Waals surface area (Å²) in [5, 5.41) is 0. The first-order valence-electron chi connectivity index (χ1n) is 7.69. The molecule has 5 heteroatoms. The summed E-state index contributed by atoms with van der Waals surface area (Å²) in [4.78, 5) is 13.9. The lowest BCUT2D eigenvalue weighted by atomic mass is 10.0. The van der Waals surface area contributed by atoms with Gasteiger partial charge in [-0.25, -0.2) is 4.79 Å². The number of likely N-dealkylation sites (tertiary alicyclic amines) is 1. The summed E-state index contributed by atoms with van der Waals surface area (Å²) in [5.74, 6) is 6.24. The van der Waals surface area contributed by atoms with Crippen LogP contribution >= 0.6 is 0 Å². The van der Waals surface area contributed by atoms with Gasteiger partial charge in [0.25, 0.3) is 0 Å². The maximum atomic E-state index is 12.2. The zero-order valence-corrected chi connectivity index (χ0v) is 16.0. The molecule has 0 bridgehead atoms. The zero-order chi connectivity index (χ0) is 17.2. The van der Waals surface area contributed by atoms with Crippen LogP contribution in [0.15, 0.2) is 12.2 Å². The van der Waals surface area contributed by atoms with Crippen LogP contribution in [0.5, 0.6) is 0 Å². The fourth-order valence-corrected chi connectivity index (χ4v) is 3.67. The van der Waals surface area contributed by atoms with Gasteiger partial charge in [0.1, 0.15) is 11.2 Å². The Morgan fingerprint density at radius 1 is 1.32 bits per heavy atom. The highest BCUT2D eigenvalue weighted by Crippen LogP contribution is 2.29. The third-order valence-electron chi connectivity index (χ3n) is 2.89. The summed E-state index contributed by atoms with van der Waals surface area (Å²) in [6, 6.07) is 0. The Morgan fingerprint density at radius 2 is 1.91 bits per heavy atom. The number of nitrogens with zero attached hydrogens (tertiary/aromatic N) is 1. The predicted molar refractivity (Wildman–Crippen MR) is 92.2 cm³/mol. The molecule has 0 N–H and O–H groups in total. The maximum Gasteiger partial charge on any atom is 0.410 e. The largest absolute Gasteiger partial charge is 0.444 e. The van der Waals surface area contributed by atoms with Crippen LogP contribution in [-0.2, 0) is 9.16 Å². The number of hydrogen-bond acceptors (Lipinski definition) is 3. The molecule has 1 unspecified atom stereocenters. The van der Waals surface area contributed by atoms with E-state index in [1.807, 2.05) is 27.7 Å². The lowest BCUT2D eigenvalue weighted by Gasteiger charge is -2.32. The lowest BCUT2D eigenvalue weighted by Crippen LogP contribution is -2.45. The Balaban J connectivity index is 2.92. The number of amides is 1. The predicted octanol–water partition coefficient (Wildman–Crippen LogP) is 3.80. The van der Waals surface area contributed by atoms with Gasteiger partial charge in [-0.3, -0.25) is 0 Å². The van der Waals surface area contributed by atoms with E-state index in [1.165, 1.54) is 0 Å². The summed E-state index contributed by atoms with van der Waals surface area (Å²) in [6.45, 7) is 18.7. The molecule has 22 heavy (non-hydrogen) atoms. The molecular weight excluding hydrogens is 294 g/mol. The van der Waals surface area contributed by atoms with Crippen LogP contribution in [0.2, 0.25) is 19.6 Å². The van der Waals surface area contributed by atoms with Crippen molar-refractivity contribution in [3.05, 3.63) is 12.2 Å². The van der Waals surface area contributed by atoms with Crippen molar-refractivity contribution in [2.75, 3.05) is 13.1 Å². The Bertz CT molecular complexity index is 505. The molecule has 4 nitrogen and oxygen atoms in total. The highest BCUT2D eigenvalue weighted by molar-refractivity contribution is 6.69. The highest BCUT2D eigenvalue weighted by Gasteiger charge is 2.43. The van der Waals surface area contributed by atoms with Crippen molar-refractivity contribution in [3.8, 4) is 11.8 Å². The Kier molecular flexibility index (Phi) is 5.53. The summed E-state index contributed by atoms with van der Waals surface area (Å²) in [6.07, 6.45) is 0.405. The normalized spacial score (nSPS) is 22.0. The van der Waals surface area contributed by atoms with E-state index in [0.717, 1.165) is 5.57 Å². The van der Waals surface area contributed by atoms with Gasteiger partial charge >= 0.3 is 6.09 Å². The zero-order valence-electron chi connectivity index (χ0n) is 15.0. The maximum absolute atomic E-state index is 12.2. The monoisotopic (exact) mass is 323 g/mol. The van der Waals surface area contributed by atoms with Crippen LogP contribution in [0.25, 0.3) is 0 Å². The van der Waals surface area contributed by atoms with Crippen molar-refractivity contribution in [1.29, 1.82) is 0 Å². The van der Waals surface area contributed by atoms with Crippen molar-refractivity contribution in [3.63, 3.8) is 0 Å². The Labute approximate surface area is 136 Å². The highest BCUT2D eigenvalue weighted by atomic mass is 28.4. The first-order chi connectivity index (χ1) is 9.82. The minimum absolute atomic E-state index is 0.300. The number of allylic oxidation sites excluding steroid dienone is 1. The molecule has 0 aromatic carbocycles. The molecule has 1 saturated heterocycles. The summed E-state index contributed by atoms with van der Waals surface area (Å²) in [5.41, 5.74) is -0.291. The fraction of sp³-hybridized carbons (Fsp3) is 0.706. The first kappa shape index (κ1) is 18.8. The van der Waals surface area contributed by atoms with E-state index in [-0.39, 0.29) is 6.09 Å². The van der Waals surface area contributed by atoms with Crippen LogP contribution in [0.1, 0.15) is 34.1 Å². The van der Waals surface area contributed by atoms with Gasteiger partial charge in [0, 0.05) is 13.0 Å². The molecule has 1 aliphatic heterocycles. The van der Waals surface area contributed by atoms with E-state index in [2.05, 4.69) is 38.1 Å². The van der Waals surface area contributed by atoms with Gasteiger partial charge in [0.05, 0.1) is 6.54 Å². The van der Waals surface area contributed by atoms with Gasteiger partial charge in [0.15, 0.2) is 8.32 Å². The average molecular weight is 324 g/mol. The SMILES string of the molecule is C=C(C)C#CC1(O[Si](C)(C)C)CCN(C(=O)OC(C)(C)C)C1. The van der Waals surface area contributed by atoms with Gasteiger partial charge in [0.2, 0.25) is 0 Å². The van der Waals surface area contributed by atoms with E-state index in [9.17, 15) is 4.79 Å². The second-order valence-electron chi connectivity index (χ2n) is 7.89. The second-order valence-corrected chi connectivity index (χ2v) is 12.3. The van der Waals surface area contributed by atoms with Gasteiger partial charge < -0.3 is 14.1 Å². The van der Waals surface area contributed by atoms with Crippen molar-refractivity contribution >= 4 is 14.4 Å². The molecule has 0 spiro atoms. The minimum Gasteiger partial charge on any atom is -0.444 e. The van der Waals surface area contributed by atoms with E-state index in [1.54, 1.807) is 4.90 Å². The molecule has 1 rings (SSSR count). The molecular formula is C17H29NO3Si. The van der Waals surface area contributed by atoms with Crippen LogP contribution in [0, 0.1) is 11.8 Å². The smallest absolute Gasteiger partial charge is 0.410 e. The minimum atomic E-state index is -1.79. The number of hydrogen-bond donors (Lipinski definition) is 0. The molecule has 0 aromatic heterocycles. The molecule has 0 aliphatic carbocycles. The van der Waals surface area contributed by atoms with Gasteiger partial charge in [-0.2, -0.15) is 0 Å². The summed E-state index contributed by atoms with van der Waals surface area (Å²) < 4.78 is 11.8. The second kappa shape index (κ2) is 6.47. The number of ether oxygens (including phenoxy) is 1. The lowest BCUT2D eigenvalue weighted by molar-refractivity contribution is 0.0250. The molecule has 1 fully saturated rings. The Hall–Kier alpha value is -1.25. The van der Waals surface area contributed by atoms with Crippen molar-refractivity contribution < 1.29 is 14.0 Å². The standard InChI is InChI=1S/C17H29NO3Si/c1-14(2)9-10-17(21-22(6,7)8)11-12-18(13-17)15(19)20-16(3,4)5/h1,11-13H2,2-8H3. The van der Waals surface area contributed by atoms with Crippen molar-refractivity contribution in [2.45, 2.75) is 65.0 Å². The van der Waals surface area contributed by atoms with Gasteiger partial charge in [-0.05, 0) is 52.9 Å². The van der Waals surface area contributed by atoms with Gasteiger partial charge in [-0.1, -0.05) is 18.4 Å². The van der Waals surface area contributed by atoms with Crippen LogP contribution in [0.3, 0.4) is 0 Å². The Morgan fingerprint density at radius 3 is 2.36 bits per heavy atom. The topological polar surface area (TPSA) is 38.8 Å². The quantitative estimate of drug-likeness (QED) is 0.573. The van der Waals surface area contributed by atoms with Crippen LogP contribution < -0.4 is 0 Å². The van der Waals surface area contributed by atoms with E-state index in [4.69, 9.17) is 9.16 Å². The third-order valence-corrected chi connectivity index (χ3v) is 3.89. The van der Waals surface area contributed by atoms with Crippen molar-refractivity contribution in [2.24, 2.45) is 0 Å². The van der Waals surface area contributed by atoms with Gasteiger partial charge in [-0.15, -0.1) is 0 Å². The molecule has 0 radical (unpaired) electrons. The molecule has 124 valence electrons.